The van der Waals surface area contributed by atoms with Crippen LogP contribution < -0.4 is 0 Å². The van der Waals surface area contributed by atoms with E-state index in [1.54, 1.807) is 4.68 Å². The van der Waals surface area contributed by atoms with Crippen molar-refractivity contribution in [1.82, 2.24) is 15.0 Å². The molecular formula is C10H11N3O2S. The second-order valence-electron chi connectivity index (χ2n) is 3.29. The van der Waals surface area contributed by atoms with E-state index >= 15 is 0 Å². The van der Waals surface area contributed by atoms with Crippen molar-refractivity contribution in [1.29, 1.82) is 0 Å². The lowest BCUT2D eigenvalue weighted by atomic mass is 10.2. The Morgan fingerprint density at radius 1 is 1.62 bits per heavy atom. The molecule has 0 aliphatic heterocycles. The standard InChI is InChI=1S/C10H11N3O2S/c1-2-5-13-9(7-4-3-6-16-7)8(10(14)15)11-12-13/h3-4,6H,2,5H2,1H3,(H,14,15). The number of carboxylic acids is 1. The fourth-order valence-corrected chi connectivity index (χ4v) is 2.26. The smallest absolute Gasteiger partial charge is 0.358 e. The van der Waals surface area contributed by atoms with Gasteiger partial charge in [0, 0.05) is 6.54 Å². The van der Waals surface area contributed by atoms with Gasteiger partial charge in [-0.2, -0.15) is 0 Å². The number of aryl methyl sites for hydroxylation is 1. The van der Waals surface area contributed by atoms with Gasteiger partial charge < -0.3 is 5.11 Å². The zero-order valence-corrected chi connectivity index (χ0v) is 9.57. The molecule has 2 heterocycles. The molecule has 1 N–H and O–H groups in total. The summed E-state index contributed by atoms with van der Waals surface area (Å²) in [6.45, 7) is 2.69. The molecule has 0 fully saturated rings. The van der Waals surface area contributed by atoms with E-state index < -0.39 is 5.97 Å². The van der Waals surface area contributed by atoms with Gasteiger partial charge in [-0.05, 0) is 17.9 Å². The SMILES string of the molecule is CCCn1nnc(C(=O)O)c1-c1cccs1. The summed E-state index contributed by atoms with van der Waals surface area (Å²) in [5.74, 6) is -1.04. The van der Waals surface area contributed by atoms with Crippen molar-refractivity contribution in [3.05, 3.63) is 23.2 Å². The number of aromatic carboxylic acids is 1. The molecule has 5 nitrogen and oxygen atoms in total. The lowest BCUT2D eigenvalue weighted by Gasteiger charge is -2.02. The number of rotatable bonds is 4. The second kappa shape index (κ2) is 4.44. The van der Waals surface area contributed by atoms with Crippen LogP contribution in [-0.4, -0.2) is 26.1 Å². The van der Waals surface area contributed by atoms with Crippen LogP contribution in [0.4, 0.5) is 0 Å². The van der Waals surface area contributed by atoms with Crippen LogP contribution in [0.15, 0.2) is 17.5 Å². The minimum atomic E-state index is -1.04. The number of aromatic nitrogens is 3. The van der Waals surface area contributed by atoms with E-state index in [2.05, 4.69) is 10.3 Å². The Bertz CT molecular complexity index is 490. The fourth-order valence-electron chi connectivity index (χ4n) is 1.48. The topological polar surface area (TPSA) is 68.0 Å². The van der Waals surface area contributed by atoms with Crippen LogP contribution >= 0.6 is 11.3 Å². The van der Waals surface area contributed by atoms with E-state index in [4.69, 9.17) is 5.11 Å². The fraction of sp³-hybridized carbons (Fsp3) is 0.300. The monoisotopic (exact) mass is 237 g/mol. The number of nitrogens with zero attached hydrogens (tertiary/aromatic N) is 3. The van der Waals surface area contributed by atoms with Crippen LogP contribution in [0.3, 0.4) is 0 Å². The summed E-state index contributed by atoms with van der Waals surface area (Å²) in [6.07, 6.45) is 0.890. The van der Waals surface area contributed by atoms with Crippen LogP contribution in [-0.2, 0) is 6.54 Å². The maximum atomic E-state index is 11.0. The molecule has 0 bridgehead atoms. The lowest BCUT2D eigenvalue weighted by Crippen LogP contribution is -2.03. The van der Waals surface area contributed by atoms with Gasteiger partial charge in [-0.3, -0.25) is 0 Å². The van der Waals surface area contributed by atoms with Crippen molar-refractivity contribution in [3.63, 3.8) is 0 Å². The molecule has 0 atom stereocenters. The normalized spacial score (nSPS) is 10.6. The third kappa shape index (κ3) is 1.83. The first kappa shape index (κ1) is 10.8. The third-order valence-corrected chi connectivity index (χ3v) is 3.00. The van der Waals surface area contributed by atoms with Crippen LogP contribution in [0.5, 0.6) is 0 Å². The molecule has 16 heavy (non-hydrogen) atoms. The Morgan fingerprint density at radius 2 is 2.44 bits per heavy atom. The summed E-state index contributed by atoms with van der Waals surface area (Å²) in [5.41, 5.74) is 0.625. The summed E-state index contributed by atoms with van der Waals surface area (Å²) in [5, 5.41) is 18.5. The Hall–Kier alpha value is -1.69. The number of carboxylic acid groups (broad SMARTS) is 1. The molecule has 84 valence electrons. The van der Waals surface area contributed by atoms with Gasteiger partial charge in [0.2, 0.25) is 0 Å². The molecule has 0 saturated carbocycles. The van der Waals surface area contributed by atoms with Gasteiger partial charge >= 0.3 is 5.97 Å². The van der Waals surface area contributed by atoms with Gasteiger partial charge in [-0.15, -0.1) is 16.4 Å². The average Bonchev–Trinajstić information content (AvgIpc) is 2.84. The average molecular weight is 237 g/mol. The number of hydrogen-bond donors (Lipinski definition) is 1. The molecule has 0 saturated heterocycles. The van der Waals surface area contributed by atoms with E-state index in [1.807, 2.05) is 24.4 Å². The Kier molecular flexibility index (Phi) is 3.00. The van der Waals surface area contributed by atoms with Gasteiger partial charge in [-0.25, -0.2) is 9.48 Å². The summed E-state index contributed by atoms with van der Waals surface area (Å²) in [7, 11) is 0. The van der Waals surface area contributed by atoms with Crippen molar-refractivity contribution in [2.45, 2.75) is 19.9 Å². The molecule has 0 aliphatic rings. The lowest BCUT2D eigenvalue weighted by molar-refractivity contribution is 0.0691. The maximum Gasteiger partial charge on any atom is 0.358 e. The van der Waals surface area contributed by atoms with Crippen molar-refractivity contribution in [2.75, 3.05) is 0 Å². The molecule has 2 rings (SSSR count). The van der Waals surface area contributed by atoms with Gasteiger partial charge in [0.1, 0.15) is 5.69 Å². The van der Waals surface area contributed by atoms with E-state index in [9.17, 15) is 4.79 Å². The zero-order valence-electron chi connectivity index (χ0n) is 8.75. The first-order valence-corrected chi connectivity index (χ1v) is 5.82. The minimum absolute atomic E-state index is 0.0240. The predicted octanol–water partition coefficient (Wildman–Crippen LogP) is 2.11. The largest absolute Gasteiger partial charge is 0.476 e. The van der Waals surface area contributed by atoms with E-state index in [-0.39, 0.29) is 5.69 Å². The zero-order chi connectivity index (χ0) is 11.5. The number of hydrogen-bond acceptors (Lipinski definition) is 4. The summed E-state index contributed by atoms with van der Waals surface area (Å²) >= 11 is 1.49. The van der Waals surface area contributed by atoms with Gasteiger partial charge in [-0.1, -0.05) is 18.2 Å². The van der Waals surface area contributed by atoms with Crippen molar-refractivity contribution >= 4 is 17.3 Å². The Labute approximate surface area is 96.3 Å². The number of thiophene rings is 1. The van der Waals surface area contributed by atoms with Crippen LogP contribution in [0.1, 0.15) is 23.8 Å². The van der Waals surface area contributed by atoms with Crippen LogP contribution in [0.2, 0.25) is 0 Å². The first-order chi connectivity index (χ1) is 7.74. The Morgan fingerprint density at radius 3 is 3.00 bits per heavy atom. The van der Waals surface area contributed by atoms with E-state index in [1.165, 1.54) is 11.3 Å². The molecular weight excluding hydrogens is 226 g/mol. The maximum absolute atomic E-state index is 11.0. The van der Waals surface area contributed by atoms with Crippen LogP contribution in [0.25, 0.3) is 10.6 Å². The molecule has 2 aromatic rings. The summed E-state index contributed by atoms with van der Waals surface area (Å²) in [6, 6.07) is 3.76. The minimum Gasteiger partial charge on any atom is -0.476 e. The summed E-state index contributed by atoms with van der Waals surface area (Å²) < 4.78 is 1.65. The van der Waals surface area contributed by atoms with Gasteiger partial charge in [0.25, 0.3) is 0 Å². The highest BCUT2D eigenvalue weighted by Gasteiger charge is 2.20. The molecule has 0 aromatic carbocycles. The third-order valence-electron chi connectivity index (χ3n) is 2.13. The predicted molar refractivity (Wildman–Crippen MR) is 60.6 cm³/mol. The summed E-state index contributed by atoms with van der Waals surface area (Å²) in [4.78, 5) is 11.9. The number of carbonyl (C=O) groups is 1. The molecule has 0 unspecified atom stereocenters. The quantitative estimate of drug-likeness (QED) is 0.884. The molecule has 0 radical (unpaired) electrons. The van der Waals surface area contributed by atoms with Gasteiger partial charge in [0.05, 0.1) is 4.88 Å². The van der Waals surface area contributed by atoms with Crippen molar-refractivity contribution in [2.24, 2.45) is 0 Å². The van der Waals surface area contributed by atoms with Crippen molar-refractivity contribution < 1.29 is 9.90 Å². The second-order valence-corrected chi connectivity index (χ2v) is 4.24. The Balaban J connectivity index is 2.54. The van der Waals surface area contributed by atoms with Gasteiger partial charge in [0.15, 0.2) is 5.69 Å². The highest BCUT2D eigenvalue weighted by atomic mass is 32.1. The highest BCUT2D eigenvalue weighted by Crippen LogP contribution is 2.27. The molecule has 6 heteroatoms. The molecule has 0 spiro atoms. The van der Waals surface area contributed by atoms with E-state index in [0.717, 1.165) is 11.3 Å². The highest BCUT2D eigenvalue weighted by molar-refractivity contribution is 7.13. The van der Waals surface area contributed by atoms with E-state index in [0.29, 0.717) is 12.2 Å². The van der Waals surface area contributed by atoms with Crippen molar-refractivity contribution in [3.8, 4) is 10.6 Å². The van der Waals surface area contributed by atoms with Crippen LogP contribution in [0, 0.1) is 0 Å². The first-order valence-electron chi connectivity index (χ1n) is 4.94. The molecule has 0 amide bonds. The molecule has 2 aromatic heterocycles. The molecule has 0 aliphatic carbocycles.